The maximum absolute atomic E-state index is 9.14. The van der Waals surface area contributed by atoms with Gasteiger partial charge in [-0.3, -0.25) is 4.99 Å². The van der Waals surface area contributed by atoms with E-state index in [1.54, 1.807) is 6.20 Å². The van der Waals surface area contributed by atoms with Crippen LogP contribution in [0.1, 0.15) is 32.4 Å². The molecule has 1 aromatic heterocycles. The Kier molecular flexibility index (Phi) is 6.81. The van der Waals surface area contributed by atoms with E-state index in [1.807, 2.05) is 42.9 Å². The Bertz CT molecular complexity index is 639. The van der Waals surface area contributed by atoms with Crippen LogP contribution < -0.4 is 10.6 Å². The summed E-state index contributed by atoms with van der Waals surface area (Å²) in [5.74, 6) is 0.911. The third-order valence-electron chi connectivity index (χ3n) is 3.71. The lowest BCUT2D eigenvalue weighted by Crippen LogP contribution is -2.39. The molecular weight excluding hydrogens is 302 g/mol. The molecule has 1 aromatic carbocycles. The van der Waals surface area contributed by atoms with E-state index >= 15 is 0 Å². The molecule has 3 N–H and O–H groups in total. The predicted molar refractivity (Wildman–Crippen MR) is 97.3 cm³/mol. The minimum atomic E-state index is 0.0998. The lowest BCUT2D eigenvalue weighted by atomic mass is 10.1. The normalized spacial score (nSPS) is 14.2. The number of nitrogens with one attached hydrogen (secondary N) is 2. The molecule has 2 unspecified atom stereocenters. The number of aliphatic hydroxyl groups is 1. The highest BCUT2D eigenvalue weighted by Gasteiger charge is 2.09. The fraction of sp³-hybridized carbons (Fsp3) is 0.444. The standard InChI is InChI=1S/C18H27N5O/c1-4-19-18(20-12-14(2)13-24)22-15(3)16-7-5-8-17(11-16)23-10-6-9-21-23/h5-11,14-15,24H,4,12-13H2,1-3H3,(H2,19,20,22). The zero-order valence-corrected chi connectivity index (χ0v) is 14.6. The van der Waals surface area contributed by atoms with E-state index in [2.05, 4.69) is 39.8 Å². The predicted octanol–water partition coefficient (Wildman–Crippen LogP) is 2.12. The number of aliphatic imine (C=N–C) groups is 1. The quantitative estimate of drug-likeness (QED) is 0.537. The molecule has 2 atom stereocenters. The summed E-state index contributed by atoms with van der Waals surface area (Å²) in [6, 6.07) is 10.3. The van der Waals surface area contributed by atoms with Crippen molar-refractivity contribution in [3.05, 3.63) is 48.3 Å². The fourth-order valence-corrected chi connectivity index (χ4v) is 2.27. The number of hydrogen-bond donors (Lipinski definition) is 3. The molecule has 0 aliphatic rings. The Hall–Kier alpha value is -2.34. The molecule has 0 bridgehead atoms. The van der Waals surface area contributed by atoms with Gasteiger partial charge in [-0.15, -0.1) is 0 Å². The maximum Gasteiger partial charge on any atom is 0.191 e. The maximum atomic E-state index is 9.14. The second kappa shape index (κ2) is 9.08. The Balaban J connectivity index is 2.09. The van der Waals surface area contributed by atoms with E-state index in [9.17, 15) is 0 Å². The summed E-state index contributed by atoms with van der Waals surface area (Å²) in [4.78, 5) is 4.54. The molecule has 0 aliphatic carbocycles. The molecule has 24 heavy (non-hydrogen) atoms. The smallest absolute Gasteiger partial charge is 0.191 e. The summed E-state index contributed by atoms with van der Waals surface area (Å²) in [5, 5.41) is 20.1. The van der Waals surface area contributed by atoms with Gasteiger partial charge in [0.1, 0.15) is 0 Å². The number of hydrogen-bond acceptors (Lipinski definition) is 3. The molecule has 6 nitrogen and oxygen atoms in total. The van der Waals surface area contributed by atoms with Crippen molar-refractivity contribution in [2.45, 2.75) is 26.8 Å². The summed E-state index contributed by atoms with van der Waals surface area (Å²) in [5.41, 5.74) is 2.19. The van der Waals surface area contributed by atoms with Gasteiger partial charge >= 0.3 is 0 Å². The number of nitrogens with zero attached hydrogens (tertiary/aromatic N) is 3. The van der Waals surface area contributed by atoms with Crippen molar-refractivity contribution in [3.8, 4) is 5.69 Å². The Morgan fingerprint density at radius 2 is 2.17 bits per heavy atom. The third-order valence-corrected chi connectivity index (χ3v) is 3.71. The second-order valence-electron chi connectivity index (χ2n) is 5.92. The summed E-state index contributed by atoms with van der Waals surface area (Å²) in [6.45, 7) is 7.64. The number of rotatable bonds is 7. The van der Waals surface area contributed by atoms with Crippen LogP contribution in [0.4, 0.5) is 0 Å². The van der Waals surface area contributed by atoms with Crippen LogP contribution in [0.15, 0.2) is 47.7 Å². The fourth-order valence-electron chi connectivity index (χ4n) is 2.27. The minimum Gasteiger partial charge on any atom is -0.396 e. The first kappa shape index (κ1) is 18.0. The van der Waals surface area contributed by atoms with E-state index in [4.69, 9.17) is 5.11 Å². The van der Waals surface area contributed by atoms with Gasteiger partial charge in [0.15, 0.2) is 5.96 Å². The Labute approximate surface area is 143 Å². The summed E-state index contributed by atoms with van der Waals surface area (Å²) < 4.78 is 1.85. The van der Waals surface area contributed by atoms with E-state index in [0.29, 0.717) is 6.54 Å². The molecule has 130 valence electrons. The molecule has 0 saturated heterocycles. The van der Waals surface area contributed by atoms with E-state index in [-0.39, 0.29) is 18.6 Å². The lowest BCUT2D eigenvalue weighted by molar-refractivity contribution is 0.241. The molecule has 0 radical (unpaired) electrons. The van der Waals surface area contributed by atoms with Crippen LogP contribution in [0, 0.1) is 5.92 Å². The highest BCUT2D eigenvalue weighted by atomic mass is 16.3. The molecule has 0 amide bonds. The number of benzene rings is 1. The van der Waals surface area contributed by atoms with Crippen LogP contribution in [-0.4, -0.2) is 40.5 Å². The molecular formula is C18H27N5O. The highest BCUT2D eigenvalue weighted by Crippen LogP contribution is 2.16. The van der Waals surface area contributed by atoms with Crippen molar-refractivity contribution in [2.24, 2.45) is 10.9 Å². The zero-order chi connectivity index (χ0) is 17.4. The van der Waals surface area contributed by atoms with Crippen LogP contribution >= 0.6 is 0 Å². The molecule has 0 spiro atoms. The van der Waals surface area contributed by atoms with Crippen LogP contribution in [0.2, 0.25) is 0 Å². The van der Waals surface area contributed by atoms with Gasteiger partial charge in [0, 0.05) is 32.1 Å². The number of guanidine groups is 1. The number of aromatic nitrogens is 2. The van der Waals surface area contributed by atoms with Crippen LogP contribution in [0.3, 0.4) is 0 Å². The van der Waals surface area contributed by atoms with Crippen molar-refractivity contribution in [1.82, 2.24) is 20.4 Å². The van der Waals surface area contributed by atoms with Crippen LogP contribution in [0.25, 0.3) is 5.69 Å². The third kappa shape index (κ3) is 5.09. The molecule has 0 aliphatic heterocycles. The second-order valence-corrected chi connectivity index (χ2v) is 5.92. The Morgan fingerprint density at radius 1 is 1.33 bits per heavy atom. The average molecular weight is 329 g/mol. The van der Waals surface area contributed by atoms with Gasteiger partial charge in [-0.05, 0) is 43.5 Å². The minimum absolute atomic E-state index is 0.0998. The first-order valence-corrected chi connectivity index (χ1v) is 8.39. The lowest BCUT2D eigenvalue weighted by Gasteiger charge is -2.19. The van der Waals surface area contributed by atoms with Gasteiger partial charge < -0.3 is 15.7 Å². The van der Waals surface area contributed by atoms with Gasteiger partial charge in [-0.25, -0.2) is 4.68 Å². The van der Waals surface area contributed by atoms with E-state index in [1.165, 1.54) is 0 Å². The molecule has 2 aromatic rings. The van der Waals surface area contributed by atoms with E-state index < -0.39 is 0 Å². The molecule has 2 rings (SSSR count). The molecule has 6 heteroatoms. The van der Waals surface area contributed by atoms with Gasteiger partial charge in [0.2, 0.25) is 0 Å². The average Bonchev–Trinajstić information content (AvgIpc) is 3.14. The topological polar surface area (TPSA) is 74.5 Å². The molecule has 1 heterocycles. The number of aliphatic hydroxyl groups excluding tert-OH is 1. The van der Waals surface area contributed by atoms with Crippen molar-refractivity contribution < 1.29 is 5.11 Å². The summed E-state index contributed by atoms with van der Waals surface area (Å²) in [7, 11) is 0. The van der Waals surface area contributed by atoms with Crippen molar-refractivity contribution in [2.75, 3.05) is 19.7 Å². The summed E-state index contributed by atoms with van der Waals surface area (Å²) in [6.07, 6.45) is 3.70. The first-order chi connectivity index (χ1) is 11.6. The van der Waals surface area contributed by atoms with Crippen LogP contribution in [-0.2, 0) is 0 Å². The van der Waals surface area contributed by atoms with Crippen molar-refractivity contribution in [3.63, 3.8) is 0 Å². The summed E-state index contributed by atoms with van der Waals surface area (Å²) >= 11 is 0. The molecule has 0 fully saturated rings. The molecule has 0 saturated carbocycles. The zero-order valence-electron chi connectivity index (χ0n) is 14.6. The van der Waals surface area contributed by atoms with Gasteiger partial charge in [-0.1, -0.05) is 19.1 Å². The first-order valence-electron chi connectivity index (χ1n) is 8.39. The largest absolute Gasteiger partial charge is 0.396 e. The van der Waals surface area contributed by atoms with Crippen LogP contribution in [0.5, 0.6) is 0 Å². The highest BCUT2D eigenvalue weighted by molar-refractivity contribution is 5.80. The van der Waals surface area contributed by atoms with Crippen molar-refractivity contribution in [1.29, 1.82) is 0 Å². The van der Waals surface area contributed by atoms with E-state index in [0.717, 1.165) is 23.8 Å². The van der Waals surface area contributed by atoms with Gasteiger partial charge in [0.05, 0.1) is 11.7 Å². The van der Waals surface area contributed by atoms with Gasteiger partial charge in [0.25, 0.3) is 0 Å². The Morgan fingerprint density at radius 3 is 2.83 bits per heavy atom. The SMILES string of the molecule is CCNC(=NCC(C)CO)NC(C)c1cccc(-n2cccn2)c1. The van der Waals surface area contributed by atoms with Gasteiger partial charge in [-0.2, -0.15) is 5.10 Å². The van der Waals surface area contributed by atoms with Crippen molar-refractivity contribution >= 4 is 5.96 Å². The monoisotopic (exact) mass is 329 g/mol.